The van der Waals surface area contributed by atoms with Crippen LogP contribution in [-0.4, -0.2) is 9.88 Å². The number of nitrogens with zero attached hydrogens (tertiary/aromatic N) is 2. The molecule has 2 heterocycles. The molecule has 0 atom stereocenters. The Bertz CT molecular complexity index is 698. The first-order valence-electron chi connectivity index (χ1n) is 7.17. The molecule has 0 aliphatic carbocycles. The van der Waals surface area contributed by atoms with Crippen LogP contribution in [0, 0.1) is 5.82 Å². The van der Waals surface area contributed by atoms with Crippen LogP contribution in [0.4, 0.5) is 4.39 Å². The minimum atomic E-state index is -0.175. The number of hydrogen-bond acceptors (Lipinski definition) is 3. The number of furan rings is 1. The number of rotatable bonds is 6. The lowest BCUT2D eigenvalue weighted by Crippen LogP contribution is -2.22. The minimum Gasteiger partial charge on any atom is -0.472 e. The summed E-state index contributed by atoms with van der Waals surface area (Å²) in [7, 11) is 0. The Balaban J connectivity index is 1.78. The molecule has 112 valence electrons. The van der Waals surface area contributed by atoms with Crippen LogP contribution in [0.25, 0.3) is 0 Å². The second kappa shape index (κ2) is 7.00. The maximum atomic E-state index is 13.9. The average Bonchev–Trinajstić information content (AvgIpc) is 3.03. The summed E-state index contributed by atoms with van der Waals surface area (Å²) >= 11 is 0. The third-order valence-electron chi connectivity index (χ3n) is 3.47. The van der Waals surface area contributed by atoms with Gasteiger partial charge in [0, 0.05) is 43.2 Å². The van der Waals surface area contributed by atoms with Gasteiger partial charge < -0.3 is 4.42 Å². The van der Waals surface area contributed by atoms with Crippen molar-refractivity contribution in [1.29, 1.82) is 0 Å². The first-order valence-corrected chi connectivity index (χ1v) is 7.17. The highest BCUT2D eigenvalue weighted by Crippen LogP contribution is 2.16. The number of benzene rings is 1. The van der Waals surface area contributed by atoms with Gasteiger partial charge in [0.1, 0.15) is 5.82 Å². The fourth-order valence-corrected chi connectivity index (χ4v) is 2.43. The number of hydrogen-bond donors (Lipinski definition) is 0. The van der Waals surface area contributed by atoms with Crippen LogP contribution in [0.5, 0.6) is 0 Å². The summed E-state index contributed by atoms with van der Waals surface area (Å²) in [6.45, 7) is 1.93. The lowest BCUT2D eigenvalue weighted by Gasteiger charge is -2.22. The Morgan fingerprint density at radius 1 is 0.955 bits per heavy atom. The maximum Gasteiger partial charge on any atom is 0.127 e. The molecule has 1 aromatic carbocycles. The molecule has 0 amide bonds. The summed E-state index contributed by atoms with van der Waals surface area (Å²) in [6.07, 6.45) is 6.96. The van der Waals surface area contributed by atoms with Crippen LogP contribution < -0.4 is 0 Å². The normalized spacial score (nSPS) is 11.0. The van der Waals surface area contributed by atoms with Gasteiger partial charge in [0.2, 0.25) is 0 Å². The summed E-state index contributed by atoms with van der Waals surface area (Å²) in [5.41, 5.74) is 2.86. The van der Waals surface area contributed by atoms with Gasteiger partial charge in [0.25, 0.3) is 0 Å². The lowest BCUT2D eigenvalue weighted by molar-refractivity contribution is 0.243. The average molecular weight is 296 g/mol. The highest BCUT2D eigenvalue weighted by molar-refractivity contribution is 5.18. The molecule has 0 aliphatic heterocycles. The molecule has 0 bridgehead atoms. The Morgan fingerprint density at radius 3 is 2.55 bits per heavy atom. The fraction of sp³-hybridized carbons (Fsp3) is 0.167. The third kappa shape index (κ3) is 3.80. The van der Waals surface area contributed by atoms with Crippen LogP contribution in [0.15, 0.2) is 71.8 Å². The molecule has 0 N–H and O–H groups in total. The Morgan fingerprint density at radius 2 is 1.82 bits per heavy atom. The van der Waals surface area contributed by atoms with Gasteiger partial charge in [-0.1, -0.05) is 24.3 Å². The molecule has 0 fully saturated rings. The topological polar surface area (TPSA) is 29.3 Å². The van der Waals surface area contributed by atoms with E-state index in [1.807, 2.05) is 36.5 Å². The van der Waals surface area contributed by atoms with Gasteiger partial charge in [-0.05, 0) is 23.8 Å². The molecular formula is C18H17FN2O. The Hall–Kier alpha value is -2.46. The Kier molecular flexibility index (Phi) is 4.61. The van der Waals surface area contributed by atoms with Crippen molar-refractivity contribution in [2.24, 2.45) is 0 Å². The standard InChI is InChI=1S/C18H17FN2O/c19-18-6-2-1-5-17(18)13-21(12-16-7-9-22-14-16)11-15-4-3-8-20-10-15/h1-10,14H,11-13H2. The van der Waals surface area contributed by atoms with Crippen LogP contribution >= 0.6 is 0 Å². The van der Waals surface area contributed by atoms with Gasteiger partial charge in [0.15, 0.2) is 0 Å². The lowest BCUT2D eigenvalue weighted by atomic mass is 10.1. The first-order chi connectivity index (χ1) is 10.8. The molecular weight excluding hydrogens is 279 g/mol. The van der Waals surface area contributed by atoms with Crippen molar-refractivity contribution in [2.45, 2.75) is 19.6 Å². The van der Waals surface area contributed by atoms with Gasteiger partial charge in [-0.2, -0.15) is 0 Å². The van der Waals surface area contributed by atoms with Crippen molar-refractivity contribution in [3.63, 3.8) is 0 Å². The van der Waals surface area contributed by atoms with Crippen molar-refractivity contribution >= 4 is 0 Å². The molecule has 0 aliphatic rings. The monoisotopic (exact) mass is 296 g/mol. The number of aromatic nitrogens is 1. The zero-order valence-electron chi connectivity index (χ0n) is 12.2. The molecule has 0 saturated heterocycles. The summed E-state index contributed by atoms with van der Waals surface area (Å²) in [5, 5.41) is 0. The molecule has 3 rings (SSSR count). The van der Waals surface area contributed by atoms with Crippen LogP contribution in [0.3, 0.4) is 0 Å². The van der Waals surface area contributed by atoms with Crippen LogP contribution in [-0.2, 0) is 19.6 Å². The van der Waals surface area contributed by atoms with Crippen molar-refractivity contribution in [3.05, 3.63) is 89.9 Å². The van der Waals surface area contributed by atoms with E-state index < -0.39 is 0 Å². The summed E-state index contributed by atoms with van der Waals surface area (Å²) in [4.78, 5) is 6.31. The predicted molar refractivity (Wildman–Crippen MR) is 82.3 cm³/mol. The van der Waals surface area contributed by atoms with E-state index in [1.165, 1.54) is 6.07 Å². The van der Waals surface area contributed by atoms with E-state index in [4.69, 9.17) is 4.42 Å². The quantitative estimate of drug-likeness (QED) is 0.688. The van der Waals surface area contributed by atoms with Crippen molar-refractivity contribution in [1.82, 2.24) is 9.88 Å². The number of pyridine rings is 1. The summed E-state index contributed by atoms with van der Waals surface area (Å²) in [6, 6.07) is 12.7. The molecule has 0 spiro atoms. The molecule has 22 heavy (non-hydrogen) atoms. The van der Waals surface area contributed by atoms with E-state index in [1.54, 1.807) is 24.8 Å². The van der Waals surface area contributed by atoms with Gasteiger partial charge in [-0.25, -0.2) is 4.39 Å². The minimum absolute atomic E-state index is 0.175. The molecule has 3 nitrogen and oxygen atoms in total. The van der Waals surface area contributed by atoms with Crippen molar-refractivity contribution < 1.29 is 8.81 Å². The van der Waals surface area contributed by atoms with E-state index in [2.05, 4.69) is 9.88 Å². The second-order valence-corrected chi connectivity index (χ2v) is 5.23. The molecule has 0 radical (unpaired) electrons. The van der Waals surface area contributed by atoms with Gasteiger partial charge in [-0.3, -0.25) is 9.88 Å². The van der Waals surface area contributed by atoms with E-state index in [9.17, 15) is 4.39 Å². The summed E-state index contributed by atoms with van der Waals surface area (Å²) in [5.74, 6) is -0.175. The van der Waals surface area contributed by atoms with E-state index in [-0.39, 0.29) is 5.82 Å². The second-order valence-electron chi connectivity index (χ2n) is 5.23. The zero-order chi connectivity index (χ0) is 15.2. The molecule has 0 saturated carbocycles. The van der Waals surface area contributed by atoms with E-state index in [0.717, 1.165) is 11.1 Å². The zero-order valence-corrected chi connectivity index (χ0v) is 12.2. The third-order valence-corrected chi connectivity index (χ3v) is 3.47. The van der Waals surface area contributed by atoms with Crippen molar-refractivity contribution in [2.75, 3.05) is 0 Å². The first kappa shape index (κ1) is 14.5. The van der Waals surface area contributed by atoms with Crippen LogP contribution in [0.2, 0.25) is 0 Å². The highest BCUT2D eigenvalue weighted by atomic mass is 19.1. The molecule has 3 aromatic rings. The van der Waals surface area contributed by atoms with E-state index >= 15 is 0 Å². The molecule has 4 heteroatoms. The largest absolute Gasteiger partial charge is 0.472 e. The smallest absolute Gasteiger partial charge is 0.127 e. The van der Waals surface area contributed by atoms with Crippen molar-refractivity contribution in [3.8, 4) is 0 Å². The maximum absolute atomic E-state index is 13.9. The fourth-order valence-electron chi connectivity index (χ4n) is 2.43. The Labute approximate surface area is 129 Å². The van der Waals surface area contributed by atoms with Crippen LogP contribution in [0.1, 0.15) is 16.7 Å². The number of halogens is 1. The van der Waals surface area contributed by atoms with E-state index in [0.29, 0.717) is 25.2 Å². The summed E-state index contributed by atoms with van der Waals surface area (Å²) < 4.78 is 19.0. The van der Waals surface area contributed by atoms with Gasteiger partial charge in [-0.15, -0.1) is 0 Å². The van der Waals surface area contributed by atoms with Gasteiger partial charge in [0.05, 0.1) is 12.5 Å². The molecule has 0 unspecified atom stereocenters. The predicted octanol–water partition coefficient (Wildman–Crippen LogP) is 4.02. The molecule has 2 aromatic heterocycles. The van der Waals surface area contributed by atoms with Gasteiger partial charge >= 0.3 is 0 Å². The highest BCUT2D eigenvalue weighted by Gasteiger charge is 2.11. The SMILES string of the molecule is Fc1ccccc1CN(Cc1cccnc1)Cc1ccoc1.